The van der Waals surface area contributed by atoms with E-state index in [0.717, 1.165) is 12.2 Å². The van der Waals surface area contributed by atoms with Gasteiger partial charge >= 0.3 is 0 Å². The Hall–Kier alpha value is -2.45. The van der Waals surface area contributed by atoms with E-state index in [-0.39, 0.29) is 5.95 Å². The minimum absolute atomic E-state index is 0.194. The monoisotopic (exact) mass is 263 g/mol. The van der Waals surface area contributed by atoms with Gasteiger partial charge in [-0.2, -0.15) is 15.0 Å². The topological polar surface area (TPSA) is 111 Å². The summed E-state index contributed by atoms with van der Waals surface area (Å²) in [6.45, 7) is 0.642. The summed E-state index contributed by atoms with van der Waals surface area (Å²) in [5.74, 6) is 2.06. The summed E-state index contributed by atoms with van der Waals surface area (Å²) in [5, 5.41) is 10.9. The molecular formula is C10H17N9. The van der Waals surface area contributed by atoms with Gasteiger partial charge in [0.25, 0.3) is 0 Å². The summed E-state index contributed by atoms with van der Waals surface area (Å²) >= 11 is 0. The predicted octanol–water partition coefficient (Wildman–Crippen LogP) is -0.697. The zero-order chi connectivity index (χ0) is 13.8. The fraction of sp³-hybridized carbons (Fsp3) is 0.500. The van der Waals surface area contributed by atoms with Crippen LogP contribution in [0.3, 0.4) is 0 Å². The lowest BCUT2D eigenvalue weighted by Gasteiger charge is -2.12. The molecule has 0 fully saturated rings. The van der Waals surface area contributed by atoms with Gasteiger partial charge in [0.1, 0.15) is 12.2 Å². The lowest BCUT2D eigenvalue weighted by molar-refractivity contribution is 0.785. The number of nitrogen functional groups attached to an aromatic ring is 1. The number of nitrogens with zero attached hydrogens (tertiary/aromatic N) is 7. The first-order valence-electron chi connectivity index (χ1n) is 5.82. The first-order valence-corrected chi connectivity index (χ1v) is 5.82. The van der Waals surface area contributed by atoms with Gasteiger partial charge in [0, 0.05) is 34.1 Å². The van der Waals surface area contributed by atoms with E-state index in [4.69, 9.17) is 5.73 Å². The van der Waals surface area contributed by atoms with Gasteiger partial charge in [-0.25, -0.2) is 0 Å². The van der Waals surface area contributed by atoms with E-state index < -0.39 is 0 Å². The molecule has 0 aliphatic rings. The first kappa shape index (κ1) is 13.0. The maximum absolute atomic E-state index is 5.63. The maximum atomic E-state index is 5.63. The molecule has 102 valence electrons. The van der Waals surface area contributed by atoms with Crippen LogP contribution < -0.4 is 16.0 Å². The fourth-order valence-electron chi connectivity index (χ4n) is 1.48. The van der Waals surface area contributed by atoms with Gasteiger partial charge in [-0.1, -0.05) is 0 Å². The molecule has 3 N–H and O–H groups in total. The Morgan fingerprint density at radius 1 is 1.32 bits per heavy atom. The van der Waals surface area contributed by atoms with Crippen molar-refractivity contribution in [3.8, 4) is 0 Å². The van der Waals surface area contributed by atoms with Crippen molar-refractivity contribution in [3.63, 3.8) is 0 Å². The van der Waals surface area contributed by atoms with Gasteiger partial charge in [0.05, 0.1) is 0 Å². The molecule has 19 heavy (non-hydrogen) atoms. The van der Waals surface area contributed by atoms with Crippen LogP contribution in [-0.4, -0.2) is 50.4 Å². The SMILES string of the molecule is CN(C)c1nc(N)nc(NCCc2nncn2C)n1. The van der Waals surface area contributed by atoms with Gasteiger partial charge in [0.15, 0.2) is 0 Å². The third-order valence-corrected chi connectivity index (χ3v) is 2.48. The number of aryl methyl sites for hydroxylation is 1. The van der Waals surface area contributed by atoms with E-state index >= 15 is 0 Å². The Morgan fingerprint density at radius 2 is 2.11 bits per heavy atom. The third-order valence-electron chi connectivity index (χ3n) is 2.48. The van der Waals surface area contributed by atoms with Crippen molar-refractivity contribution in [2.45, 2.75) is 6.42 Å². The lowest BCUT2D eigenvalue weighted by atomic mass is 10.4. The molecule has 0 amide bonds. The number of nitrogens with two attached hydrogens (primary N) is 1. The van der Waals surface area contributed by atoms with Gasteiger partial charge in [-0.05, 0) is 0 Å². The number of aromatic nitrogens is 6. The summed E-state index contributed by atoms with van der Waals surface area (Å²) in [7, 11) is 5.59. The highest BCUT2D eigenvalue weighted by atomic mass is 15.3. The molecule has 2 aromatic heterocycles. The minimum Gasteiger partial charge on any atom is -0.368 e. The zero-order valence-electron chi connectivity index (χ0n) is 11.2. The molecule has 0 saturated carbocycles. The second kappa shape index (κ2) is 5.46. The summed E-state index contributed by atoms with van der Waals surface area (Å²) in [6, 6.07) is 0. The van der Waals surface area contributed by atoms with Crippen LogP contribution in [0.15, 0.2) is 6.33 Å². The zero-order valence-corrected chi connectivity index (χ0v) is 11.2. The third kappa shape index (κ3) is 3.27. The Morgan fingerprint density at radius 3 is 2.74 bits per heavy atom. The lowest BCUT2D eigenvalue weighted by Crippen LogP contribution is -2.17. The van der Waals surface area contributed by atoms with Crippen molar-refractivity contribution in [1.29, 1.82) is 0 Å². The van der Waals surface area contributed by atoms with Crippen molar-refractivity contribution in [3.05, 3.63) is 12.2 Å². The standard InChI is InChI=1S/C10H17N9/c1-18(2)10-15-8(11)14-9(16-10)12-5-4-7-17-13-6-19(7)3/h6H,4-5H2,1-3H3,(H3,11,12,14,15,16). The molecule has 0 unspecified atom stereocenters. The first-order chi connectivity index (χ1) is 9.06. The number of rotatable bonds is 5. The van der Waals surface area contributed by atoms with Crippen LogP contribution in [0, 0.1) is 0 Å². The maximum Gasteiger partial charge on any atom is 0.231 e. The van der Waals surface area contributed by atoms with Crippen molar-refractivity contribution in [2.75, 3.05) is 36.6 Å². The second-order valence-corrected chi connectivity index (χ2v) is 4.25. The smallest absolute Gasteiger partial charge is 0.231 e. The highest BCUT2D eigenvalue weighted by Crippen LogP contribution is 2.08. The molecule has 0 aliphatic heterocycles. The van der Waals surface area contributed by atoms with Crippen molar-refractivity contribution in [2.24, 2.45) is 7.05 Å². The van der Waals surface area contributed by atoms with Gasteiger partial charge < -0.3 is 20.5 Å². The Kier molecular flexibility index (Phi) is 3.74. The molecule has 9 nitrogen and oxygen atoms in total. The van der Waals surface area contributed by atoms with E-state index in [1.165, 1.54) is 0 Å². The largest absolute Gasteiger partial charge is 0.368 e. The minimum atomic E-state index is 0.194. The average Bonchev–Trinajstić information content (AvgIpc) is 2.74. The highest BCUT2D eigenvalue weighted by Gasteiger charge is 2.06. The van der Waals surface area contributed by atoms with Gasteiger partial charge in [-0.15, -0.1) is 10.2 Å². The van der Waals surface area contributed by atoms with Crippen LogP contribution in [-0.2, 0) is 13.5 Å². The van der Waals surface area contributed by atoms with Crippen molar-refractivity contribution in [1.82, 2.24) is 29.7 Å². The van der Waals surface area contributed by atoms with Crippen LogP contribution in [0.4, 0.5) is 17.8 Å². The molecule has 2 heterocycles. The molecule has 0 aliphatic carbocycles. The Bertz CT molecular complexity index is 548. The van der Waals surface area contributed by atoms with Crippen molar-refractivity contribution >= 4 is 17.8 Å². The molecule has 0 radical (unpaired) electrons. The number of anilines is 3. The number of hydrogen-bond acceptors (Lipinski definition) is 8. The normalized spacial score (nSPS) is 10.5. The molecule has 0 aromatic carbocycles. The van der Waals surface area contributed by atoms with E-state index in [1.807, 2.05) is 25.7 Å². The summed E-state index contributed by atoms with van der Waals surface area (Å²) in [5.41, 5.74) is 5.63. The van der Waals surface area contributed by atoms with Crippen molar-refractivity contribution < 1.29 is 0 Å². The number of hydrogen-bond donors (Lipinski definition) is 2. The summed E-state index contributed by atoms with van der Waals surface area (Å²) in [6.07, 6.45) is 2.39. The number of nitrogens with one attached hydrogen (secondary N) is 1. The Labute approximate surface area is 110 Å². The fourth-order valence-corrected chi connectivity index (χ4v) is 1.48. The van der Waals surface area contributed by atoms with Crippen LogP contribution in [0.2, 0.25) is 0 Å². The quantitative estimate of drug-likeness (QED) is 0.728. The van der Waals surface area contributed by atoms with Crippen LogP contribution in [0.1, 0.15) is 5.82 Å². The summed E-state index contributed by atoms with van der Waals surface area (Å²) < 4.78 is 1.87. The molecular weight excluding hydrogens is 246 g/mol. The van der Waals surface area contributed by atoms with Crippen LogP contribution in [0.25, 0.3) is 0 Å². The highest BCUT2D eigenvalue weighted by molar-refractivity contribution is 5.40. The van der Waals surface area contributed by atoms with E-state index in [9.17, 15) is 0 Å². The van der Waals surface area contributed by atoms with Crippen LogP contribution >= 0.6 is 0 Å². The molecule has 0 saturated heterocycles. The van der Waals surface area contributed by atoms with E-state index in [2.05, 4.69) is 30.5 Å². The van der Waals surface area contributed by atoms with Crippen LogP contribution in [0.5, 0.6) is 0 Å². The molecule has 9 heteroatoms. The predicted molar refractivity (Wildman–Crippen MR) is 71.8 cm³/mol. The summed E-state index contributed by atoms with van der Waals surface area (Å²) in [4.78, 5) is 14.1. The molecule has 2 rings (SSSR count). The Balaban J connectivity index is 1.98. The molecule has 2 aromatic rings. The van der Waals surface area contributed by atoms with Gasteiger partial charge in [0.2, 0.25) is 17.8 Å². The second-order valence-electron chi connectivity index (χ2n) is 4.25. The van der Waals surface area contributed by atoms with E-state index in [1.54, 1.807) is 11.2 Å². The molecule has 0 atom stereocenters. The van der Waals surface area contributed by atoms with Gasteiger partial charge in [-0.3, -0.25) is 0 Å². The van der Waals surface area contributed by atoms with E-state index in [0.29, 0.717) is 18.4 Å². The molecule has 0 bridgehead atoms. The average molecular weight is 263 g/mol. The molecule has 0 spiro atoms.